The molecule has 0 radical (unpaired) electrons. The first kappa shape index (κ1) is 25.3. The highest BCUT2D eigenvalue weighted by Gasteiger charge is 2.47. The molecule has 9 nitrogen and oxygen atoms in total. The summed E-state index contributed by atoms with van der Waals surface area (Å²) in [5, 5.41) is 29.5. The van der Waals surface area contributed by atoms with Gasteiger partial charge in [0.05, 0.1) is 13.2 Å². The molecule has 0 spiro atoms. The molecule has 0 bridgehead atoms. The van der Waals surface area contributed by atoms with E-state index in [4.69, 9.17) is 24.1 Å². The van der Waals surface area contributed by atoms with Gasteiger partial charge in [0.2, 0.25) is 0 Å². The first-order chi connectivity index (χ1) is 13.6. The molecule has 1 aliphatic heterocycles. The molecule has 1 rings (SSSR count). The van der Waals surface area contributed by atoms with E-state index in [2.05, 4.69) is 6.58 Å². The fraction of sp³-hybridized carbons (Fsp3) is 0.700. The van der Waals surface area contributed by atoms with E-state index in [0.717, 1.165) is 24.0 Å². The summed E-state index contributed by atoms with van der Waals surface area (Å²) in [6.07, 6.45) is -2.37. The molecule has 29 heavy (non-hydrogen) atoms. The first-order valence-electron chi connectivity index (χ1n) is 9.52. The van der Waals surface area contributed by atoms with Gasteiger partial charge in [-0.15, -0.1) is 0 Å². The summed E-state index contributed by atoms with van der Waals surface area (Å²) in [5.41, 5.74) is 1.81. The lowest BCUT2D eigenvalue weighted by molar-refractivity contribution is -0.304. The van der Waals surface area contributed by atoms with E-state index in [0.29, 0.717) is 6.42 Å². The second-order valence-electron chi connectivity index (χ2n) is 7.02. The zero-order valence-corrected chi connectivity index (χ0v) is 17.2. The Hall–Kier alpha value is -1.78. The van der Waals surface area contributed by atoms with Crippen molar-refractivity contribution in [2.24, 2.45) is 0 Å². The van der Waals surface area contributed by atoms with Gasteiger partial charge in [-0.1, -0.05) is 23.8 Å². The second-order valence-corrected chi connectivity index (χ2v) is 7.02. The number of hydrogen-bond donors (Lipinski definition) is 3. The van der Waals surface area contributed by atoms with E-state index in [-0.39, 0.29) is 19.8 Å². The maximum atomic E-state index is 11.4. The van der Waals surface area contributed by atoms with E-state index in [1.807, 2.05) is 13.0 Å². The Labute approximate surface area is 170 Å². The zero-order valence-electron chi connectivity index (χ0n) is 17.2. The molecule has 1 aliphatic rings. The number of esters is 2. The third-order valence-electron chi connectivity index (χ3n) is 4.38. The van der Waals surface area contributed by atoms with Crippen molar-refractivity contribution >= 4 is 11.9 Å². The van der Waals surface area contributed by atoms with Crippen LogP contribution >= 0.6 is 0 Å². The van der Waals surface area contributed by atoms with Crippen molar-refractivity contribution < 1.29 is 43.9 Å². The normalized spacial score (nSPS) is 27.4. The van der Waals surface area contributed by atoms with Crippen molar-refractivity contribution in [2.45, 2.75) is 70.7 Å². The molecule has 5 atom stereocenters. The summed E-state index contributed by atoms with van der Waals surface area (Å²) in [6.45, 7) is 8.13. The SMILES string of the molecule is C=C(CC/C=C(/C)CO)CCO[C@@H]1O[C@H](COC(C)=O)[C@@H](O)[C@H](O)[C@H]1OC(C)=O. The molecule has 9 heteroatoms. The number of ether oxygens (including phenoxy) is 4. The molecule has 166 valence electrons. The predicted molar refractivity (Wildman–Crippen MR) is 103 cm³/mol. The minimum Gasteiger partial charge on any atom is -0.463 e. The Kier molecular flexibility index (Phi) is 11.1. The predicted octanol–water partition coefficient (Wildman–Crippen LogP) is 0.610. The van der Waals surface area contributed by atoms with Crippen LogP contribution < -0.4 is 0 Å². The average Bonchev–Trinajstić information content (AvgIpc) is 2.65. The van der Waals surface area contributed by atoms with Crippen LogP contribution in [0.4, 0.5) is 0 Å². The van der Waals surface area contributed by atoms with E-state index in [1.54, 1.807) is 0 Å². The smallest absolute Gasteiger partial charge is 0.303 e. The van der Waals surface area contributed by atoms with E-state index in [9.17, 15) is 19.8 Å². The molecule has 0 aromatic heterocycles. The van der Waals surface area contributed by atoms with Gasteiger partial charge in [-0.25, -0.2) is 0 Å². The van der Waals surface area contributed by atoms with Gasteiger partial charge in [-0.3, -0.25) is 9.59 Å². The van der Waals surface area contributed by atoms with Crippen LogP contribution in [0.25, 0.3) is 0 Å². The minimum atomic E-state index is -1.46. The van der Waals surface area contributed by atoms with Gasteiger partial charge in [0.25, 0.3) is 0 Å². The average molecular weight is 416 g/mol. The largest absolute Gasteiger partial charge is 0.463 e. The van der Waals surface area contributed by atoms with E-state index in [1.165, 1.54) is 13.8 Å². The molecule has 1 saturated heterocycles. The maximum Gasteiger partial charge on any atom is 0.303 e. The topological polar surface area (TPSA) is 132 Å². The van der Waals surface area contributed by atoms with Gasteiger partial charge >= 0.3 is 11.9 Å². The summed E-state index contributed by atoms with van der Waals surface area (Å²) < 4.78 is 21.1. The van der Waals surface area contributed by atoms with Crippen LogP contribution in [-0.2, 0) is 28.5 Å². The molecule has 0 unspecified atom stereocenters. The van der Waals surface area contributed by atoms with Crippen molar-refractivity contribution in [3.05, 3.63) is 23.8 Å². The highest BCUT2D eigenvalue weighted by atomic mass is 16.7. The Morgan fingerprint density at radius 3 is 2.38 bits per heavy atom. The zero-order chi connectivity index (χ0) is 22.0. The van der Waals surface area contributed by atoms with Gasteiger partial charge in [0, 0.05) is 13.8 Å². The molecule has 0 aliphatic carbocycles. The monoisotopic (exact) mass is 416 g/mol. The number of aliphatic hydroxyl groups excluding tert-OH is 3. The number of hydrogen-bond acceptors (Lipinski definition) is 9. The minimum absolute atomic E-state index is 0.0226. The lowest BCUT2D eigenvalue weighted by atomic mass is 9.99. The highest BCUT2D eigenvalue weighted by Crippen LogP contribution is 2.25. The van der Waals surface area contributed by atoms with Crippen LogP contribution in [0.5, 0.6) is 0 Å². The molecular weight excluding hydrogens is 384 g/mol. The summed E-state index contributed by atoms with van der Waals surface area (Å²) >= 11 is 0. The van der Waals surface area contributed by atoms with Crippen molar-refractivity contribution in [1.29, 1.82) is 0 Å². The quantitative estimate of drug-likeness (QED) is 0.327. The number of carbonyl (C=O) groups is 2. The van der Waals surface area contributed by atoms with Crippen molar-refractivity contribution in [2.75, 3.05) is 19.8 Å². The third kappa shape index (κ3) is 9.05. The molecular formula is C20H32O9. The van der Waals surface area contributed by atoms with Gasteiger partial charge in [-0.2, -0.15) is 0 Å². The summed E-state index contributed by atoms with van der Waals surface area (Å²) in [6, 6.07) is 0. The Morgan fingerprint density at radius 1 is 1.10 bits per heavy atom. The second kappa shape index (κ2) is 12.7. The number of rotatable bonds is 11. The number of aliphatic hydroxyl groups is 3. The Morgan fingerprint density at radius 2 is 1.79 bits per heavy atom. The molecule has 3 N–H and O–H groups in total. The third-order valence-corrected chi connectivity index (χ3v) is 4.38. The fourth-order valence-corrected chi connectivity index (χ4v) is 2.73. The van der Waals surface area contributed by atoms with Gasteiger partial charge in [-0.05, 0) is 26.2 Å². The van der Waals surface area contributed by atoms with Gasteiger partial charge < -0.3 is 34.3 Å². The number of carbonyl (C=O) groups excluding carboxylic acids is 2. The van der Waals surface area contributed by atoms with Crippen LogP contribution in [0.3, 0.4) is 0 Å². The maximum absolute atomic E-state index is 11.4. The molecule has 0 aromatic carbocycles. The summed E-state index contributed by atoms with van der Waals surface area (Å²) in [7, 11) is 0. The Bertz CT molecular complexity index is 585. The molecule has 1 fully saturated rings. The van der Waals surface area contributed by atoms with Crippen LogP contribution in [0.1, 0.15) is 40.0 Å². The van der Waals surface area contributed by atoms with E-state index >= 15 is 0 Å². The van der Waals surface area contributed by atoms with Crippen molar-refractivity contribution in [1.82, 2.24) is 0 Å². The van der Waals surface area contributed by atoms with Crippen LogP contribution in [-0.4, -0.2) is 77.8 Å². The van der Waals surface area contributed by atoms with Gasteiger partial charge in [0.15, 0.2) is 12.4 Å². The fourth-order valence-electron chi connectivity index (χ4n) is 2.73. The standard InChI is InChI=1S/C20H32O9/c1-12(6-5-7-13(2)10-21)8-9-26-20-19(28-15(4)23)18(25)17(24)16(29-20)11-27-14(3)22/h7,16-21,24-25H,1,5-6,8-11H2,2-4H3/b13-7-/t16-,17-,18+,19-,20-/m1/s1. The Balaban J connectivity index is 2.63. The van der Waals surface area contributed by atoms with E-state index < -0.39 is 42.6 Å². The summed E-state index contributed by atoms with van der Waals surface area (Å²) in [4.78, 5) is 22.4. The van der Waals surface area contributed by atoms with Crippen molar-refractivity contribution in [3.8, 4) is 0 Å². The number of allylic oxidation sites excluding steroid dienone is 1. The van der Waals surface area contributed by atoms with Gasteiger partial charge in [0.1, 0.15) is 24.9 Å². The lowest BCUT2D eigenvalue weighted by Crippen LogP contribution is -2.60. The van der Waals surface area contributed by atoms with Crippen LogP contribution in [0.15, 0.2) is 23.8 Å². The lowest BCUT2D eigenvalue weighted by Gasteiger charge is -2.41. The highest BCUT2D eigenvalue weighted by molar-refractivity contribution is 5.66. The van der Waals surface area contributed by atoms with Crippen molar-refractivity contribution in [3.63, 3.8) is 0 Å². The molecule has 0 amide bonds. The molecule has 0 saturated carbocycles. The summed E-state index contributed by atoms with van der Waals surface area (Å²) in [5.74, 6) is -1.22. The molecule has 1 heterocycles. The van der Waals surface area contributed by atoms with Crippen LogP contribution in [0.2, 0.25) is 0 Å². The first-order valence-corrected chi connectivity index (χ1v) is 9.52. The van der Waals surface area contributed by atoms with Crippen LogP contribution in [0, 0.1) is 0 Å². The molecule has 0 aromatic rings.